The average molecular weight is 437 g/mol. The third kappa shape index (κ3) is 4.56. The lowest BCUT2D eigenvalue weighted by molar-refractivity contribution is -0.137. The van der Waals surface area contributed by atoms with Crippen LogP contribution in [0.25, 0.3) is 10.9 Å². The molecule has 0 unspecified atom stereocenters. The summed E-state index contributed by atoms with van der Waals surface area (Å²) in [6, 6.07) is 12.1. The highest BCUT2D eigenvalue weighted by Crippen LogP contribution is 2.40. The Bertz CT molecular complexity index is 1110. The number of aromatic amines is 1. The van der Waals surface area contributed by atoms with E-state index in [2.05, 4.69) is 23.3 Å². The second-order valence-electron chi connectivity index (χ2n) is 8.05. The zero-order valence-corrected chi connectivity index (χ0v) is 18.2. The van der Waals surface area contributed by atoms with Gasteiger partial charge in [-0.25, -0.2) is 0 Å². The molecule has 0 radical (unpaired) electrons. The number of carboxylic acid groups (broad SMARTS) is 1. The Morgan fingerprint density at radius 1 is 1.28 bits per heavy atom. The lowest BCUT2D eigenvalue weighted by Crippen LogP contribution is -2.34. The lowest BCUT2D eigenvalue weighted by Gasteiger charge is -2.35. The minimum atomic E-state index is -0.913. The summed E-state index contributed by atoms with van der Waals surface area (Å²) in [5.41, 5.74) is 4.60. The van der Waals surface area contributed by atoms with Gasteiger partial charge < -0.3 is 24.5 Å². The van der Waals surface area contributed by atoms with E-state index in [9.17, 15) is 9.59 Å². The lowest BCUT2D eigenvalue weighted by atomic mass is 9.89. The Hall–Kier alpha value is -3.48. The molecule has 7 heteroatoms. The average Bonchev–Trinajstić information content (AvgIpc) is 3.21. The molecular formula is C25H28N2O5. The monoisotopic (exact) mass is 436 g/mol. The van der Waals surface area contributed by atoms with E-state index in [1.54, 1.807) is 7.11 Å². The summed E-state index contributed by atoms with van der Waals surface area (Å²) in [7, 11) is 1.57. The fraction of sp³-hybridized carbons (Fsp3) is 0.360. The molecule has 2 aromatic carbocycles. The van der Waals surface area contributed by atoms with Crippen molar-refractivity contribution >= 4 is 23.3 Å². The number of nitrogens with zero attached hydrogens (tertiary/aromatic N) is 1. The number of rotatable bonds is 10. The number of H-pyrrole nitrogens is 1. The van der Waals surface area contributed by atoms with E-state index in [1.165, 1.54) is 10.9 Å². The van der Waals surface area contributed by atoms with Gasteiger partial charge in [0.15, 0.2) is 11.5 Å². The standard InChI is InChI=1S/C25H28N2O5/c1-31-23-13-17-9-11-27(16-28)22(20(17)14-24(23)32-12-10-25(29)30)8-4-5-18-15-26-21-7-3-2-6-19(18)21/h2-3,6-7,13-16,22,26H,4-5,8-12H2,1H3,(H,29,30)/t22-/m0/s1. The number of hydrogen-bond donors (Lipinski definition) is 2. The maximum atomic E-state index is 11.8. The first kappa shape index (κ1) is 21.7. The molecule has 32 heavy (non-hydrogen) atoms. The Labute approximate surface area is 186 Å². The van der Waals surface area contributed by atoms with Gasteiger partial charge in [-0.05, 0) is 60.6 Å². The molecule has 0 fully saturated rings. The second-order valence-corrected chi connectivity index (χ2v) is 8.05. The molecule has 1 aliphatic heterocycles. The van der Waals surface area contributed by atoms with Crippen LogP contribution < -0.4 is 9.47 Å². The first-order chi connectivity index (χ1) is 15.6. The molecule has 7 nitrogen and oxygen atoms in total. The van der Waals surface area contributed by atoms with Gasteiger partial charge in [-0.1, -0.05) is 18.2 Å². The predicted octanol–water partition coefficient (Wildman–Crippen LogP) is 4.11. The van der Waals surface area contributed by atoms with Crippen molar-refractivity contribution in [1.29, 1.82) is 0 Å². The summed E-state index contributed by atoms with van der Waals surface area (Å²) in [4.78, 5) is 27.8. The van der Waals surface area contributed by atoms with Gasteiger partial charge in [-0.2, -0.15) is 0 Å². The van der Waals surface area contributed by atoms with Crippen molar-refractivity contribution in [2.45, 2.75) is 38.1 Å². The smallest absolute Gasteiger partial charge is 0.306 e. The molecule has 0 saturated heterocycles. The maximum Gasteiger partial charge on any atom is 0.306 e. The number of aliphatic carboxylic acids is 1. The van der Waals surface area contributed by atoms with Crippen LogP contribution in [0.1, 0.15) is 42.0 Å². The van der Waals surface area contributed by atoms with Crippen molar-refractivity contribution in [2.75, 3.05) is 20.3 Å². The molecule has 0 bridgehead atoms. The number of carboxylic acids is 1. The quantitative estimate of drug-likeness (QED) is 0.467. The SMILES string of the molecule is COc1cc2c(cc1OCCC(=O)O)[C@H](CCCc1c[nH]c3ccccc13)N(C=O)CC2. The van der Waals surface area contributed by atoms with Crippen LogP contribution in [-0.2, 0) is 22.4 Å². The highest BCUT2D eigenvalue weighted by molar-refractivity contribution is 5.83. The van der Waals surface area contributed by atoms with Gasteiger partial charge in [-0.3, -0.25) is 9.59 Å². The number of carbonyl (C=O) groups is 2. The summed E-state index contributed by atoms with van der Waals surface area (Å²) in [5, 5.41) is 10.1. The minimum Gasteiger partial charge on any atom is -0.493 e. The van der Waals surface area contributed by atoms with Crippen LogP contribution in [0, 0.1) is 0 Å². The van der Waals surface area contributed by atoms with E-state index in [1.807, 2.05) is 29.2 Å². The first-order valence-corrected chi connectivity index (χ1v) is 10.9. The molecule has 1 atom stereocenters. The Morgan fingerprint density at radius 3 is 2.91 bits per heavy atom. The first-order valence-electron chi connectivity index (χ1n) is 10.9. The molecule has 2 heterocycles. The van der Waals surface area contributed by atoms with Crippen molar-refractivity contribution in [3.8, 4) is 11.5 Å². The molecule has 0 saturated carbocycles. The molecule has 4 rings (SSSR count). The number of nitrogens with one attached hydrogen (secondary N) is 1. The number of carbonyl (C=O) groups excluding carboxylic acids is 1. The second kappa shape index (κ2) is 9.77. The van der Waals surface area contributed by atoms with Gasteiger partial charge in [0, 0.05) is 23.6 Å². The van der Waals surface area contributed by atoms with Crippen molar-refractivity contribution in [2.24, 2.45) is 0 Å². The fourth-order valence-electron chi connectivity index (χ4n) is 4.52. The molecule has 2 N–H and O–H groups in total. The topological polar surface area (TPSA) is 91.9 Å². The van der Waals surface area contributed by atoms with E-state index >= 15 is 0 Å². The third-order valence-corrected chi connectivity index (χ3v) is 6.13. The number of para-hydroxylation sites is 1. The number of ether oxygens (including phenoxy) is 2. The normalized spacial score (nSPS) is 15.4. The molecular weight excluding hydrogens is 408 g/mol. The minimum absolute atomic E-state index is 0.0471. The molecule has 0 aliphatic carbocycles. The van der Waals surface area contributed by atoms with Crippen LogP contribution in [0.3, 0.4) is 0 Å². The summed E-state index contributed by atoms with van der Waals surface area (Å²) < 4.78 is 11.2. The molecule has 1 amide bonds. The van der Waals surface area contributed by atoms with Crippen LogP contribution in [-0.4, -0.2) is 47.6 Å². The maximum absolute atomic E-state index is 11.8. The summed E-state index contributed by atoms with van der Waals surface area (Å²) >= 11 is 0. The third-order valence-electron chi connectivity index (χ3n) is 6.13. The van der Waals surface area contributed by atoms with Crippen molar-refractivity contribution in [3.05, 3.63) is 59.3 Å². The fourth-order valence-corrected chi connectivity index (χ4v) is 4.52. The largest absolute Gasteiger partial charge is 0.493 e. The Kier molecular flexibility index (Phi) is 6.63. The number of aromatic nitrogens is 1. The van der Waals surface area contributed by atoms with Crippen LogP contribution in [0.15, 0.2) is 42.6 Å². The molecule has 168 valence electrons. The van der Waals surface area contributed by atoms with Crippen LogP contribution in [0.2, 0.25) is 0 Å². The zero-order chi connectivity index (χ0) is 22.5. The molecule has 3 aromatic rings. The van der Waals surface area contributed by atoms with Crippen LogP contribution >= 0.6 is 0 Å². The summed E-state index contributed by atoms with van der Waals surface area (Å²) in [6.07, 6.45) is 6.32. The van der Waals surface area contributed by atoms with Gasteiger partial charge in [0.2, 0.25) is 6.41 Å². The summed E-state index contributed by atoms with van der Waals surface area (Å²) in [5.74, 6) is 0.192. The van der Waals surface area contributed by atoms with E-state index in [0.29, 0.717) is 18.0 Å². The van der Waals surface area contributed by atoms with Crippen LogP contribution in [0.5, 0.6) is 11.5 Å². The van der Waals surface area contributed by atoms with Crippen molar-refractivity contribution in [3.63, 3.8) is 0 Å². The van der Waals surface area contributed by atoms with E-state index in [4.69, 9.17) is 14.6 Å². The van der Waals surface area contributed by atoms with Gasteiger partial charge in [0.1, 0.15) is 0 Å². The number of hydrogen-bond acceptors (Lipinski definition) is 4. The number of benzene rings is 2. The number of methoxy groups -OCH3 is 1. The molecule has 1 aromatic heterocycles. The number of amides is 1. The number of aryl methyl sites for hydroxylation is 1. The van der Waals surface area contributed by atoms with E-state index in [0.717, 1.165) is 48.7 Å². The zero-order valence-electron chi connectivity index (χ0n) is 18.2. The highest BCUT2D eigenvalue weighted by atomic mass is 16.5. The summed E-state index contributed by atoms with van der Waals surface area (Å²) in [6.45, 7) is 0.726. The van der Waals surface area contributed by atoms with Gasteiger partial charge in [0.05, 0.1) is 26.2 Å². The van der Waals surface area contributed by atoms with Crippen LogP contribution in [0.4, 0.5) is 0 Å². The highest BCUT2D eigenvalue weighted by Gasteiger charge is 2.28. The van der Waals surface area contributed by atoms with Gasteiger partial charge >= 0.3 is 5.97 Å². The molecule has 0 spiro atoms. The number of fused-ring (bicyclic) bond motifs is 2. The molecule has 1 aliphatic rings. The van der Waals surface area contributed by atoms with Gasteiger partial charge in [-0.15, -0.1) is 0 Å². The van der Waals surface area contributed by atoms with Gasteiger partial charge in [0.25, 0.3) is 0 Å². The van der Waals surface area contributed by atoms with Crippen molar-refractivity contribution in [1.82, 2.24) is 9.88 Å². The Morgan fingerprint density at radius 2 is 2.12 bits per heavy atom. The predicted molar refractivity (Wildman–Crippen MR) is 121 cm³/mol. The van der Waals surface area contributed by atoms with Crippen molar-refractivity contribution < 1.29 is 24.2 Å². The Balaban J connectivity index is 1.53. The van der Waals surface area contributed by atoms with E-state index < -0.39 is 5.97 Å². The van der Waals surface area contributed by atoms with E-state index in [-0.39, 0.29) is 19.1 Å².